The molecule has 112 valence electrons. The fourth-order valence-electron chi connectivity index (χ4n) is 2.18. The number of aryl methyl sites for hydroxylation is 1. The standard InChI is InChI=1S/C17H13Cl2NO2/c1-10-2-4-11(5-3-10)16-9-15(17(21)22-16)20-14-7-6-12(18)8-13(14)19/h2-9,16,20H,1H3. The molecule has 0 bridgehead atoms. The van der Waals surface area contributed by atoms with Crippen LogP contribution < -0.4 is 5.32 Å². The summed E-state index contributed by atoms with van der Waals surface area (Å²) in [4.78, 5) is 12.0. The maximum absolute atomic E-state index is 12.0. The highest BCUT2D eigenvalue weighted by Crippen LogP contribution is 2.31. The summed E-state index contributed by atoms with van der Waals surface area (Å²) in [6, 6.07) is 12.9. The molecule has 0 fully saturated rings. The molecule has 0 amide bonds. The molecular formula is C17H13Cl2NO2. The number of nitrogens with one attached hydrogen (secondary N) is 1. The van der Waals surface area contributed by atoms with E-state index in [0.717, 1.165) is 11.1 Å². The van der Waals surface area contributed by atoms with Gasteiger partial charge in [-0.15, -0.1) is 0 Å². The van der Waals surface area contributed by atoms with Crippen molar-refractivity contribution in [3.05, 3.63) is 75.4 Å². The van der Waals surface area contributed by atoms with Crippen molar-refractivity contribution in [2.45, 2.75) is 13.0 Å². The Morgan fingerprint density at radius 3 is 2.50 bits per heavy atom. The van der Waals surface area contributed by atoms with Crippen LogP contribution in [0.4, 0.5) is 5.69 Å². The highest BCUT2D eigenvalue weighted by atomic mass is 35.5. The van der Waals surface area contributed by atoms with Crippen molar-refractivity contribution in [3.8, 4) is 0 Å². The van der Waals surface area contributed by atoms with Crippen LogP contribution in [-0.4, -0.2) is 5.97 Å². The average Bonchev–Trinajstić information content (AvgIpc) is 2.84. The van der Waals surface area contributed by atoms with Crippen LogP contribution in [0.25, 0.3) is 0 Å². The minimum Gasteiger partial charge on any atom is -0.448 e. The van der Waals surface area contributed by atoms with Crippen LogP contribution in [-0.2, 0) is 9.53 Å². The molecule has 5 heteroatoms. The molecule has 1 N–H and O–H groups in total. The van der Waals surface area contributed by atoms with E-state index in [4.69, 9.17) is 27.9 Å². The van der Waals surface area contributed by atoms with Gasteiger partial charge in [0.2, 0.25) is 0 Å². The van der Waals surface area contributed by atoms with Gasteiger partial charge in [0.15, 0.2) is 0 Å². The molecule has 1 aliphatic heterocycles. The molecule has 0 aromatic heterocycles. The van der Waals surface area contributed by atoms with E-state index in [1.54, 1.807) is 24.3 Å². The predicted octanol–water partition coefficient (Wildman–Crippen LogP) is 4.90. The normalized spacial score (nSPS) is 17.1. The summed E-state index contributed by atoms with van der Waals surface area (Å²) >= 11 is 12.0. The molecule has 1 atom stereocenters. The maximum Gasteiger partial charge on any atom is 0.355 e. The minimum atomic E-state index is -0.406. The van der Waals surface area contributed by atoms with Gasteiger partial charge in [-0.25, -0.2) is 4.79 Å². The Kier molecular flexibility index (Phi) is 4.10. The summed E-state index contributed by atoms with van der Waals surface area (Å²) in [5.74, 6) is -0.406. The number of rotatable bonds is 3. The zero-order valence-corrected chi connectivity index (χ0v) is 13.3. The second-order valence-corrected chi connectivity index (χ2v) is 5.91. The van der Waals surface area contributed by atoms with E-state index < -0.39 is 5.97 Å². The van der Waals surface area contributed by atoms with Gasteiger partial charge in [0.1, 0.15) is 11.8 Å². The van der Waals surface area contributed by atoms with Crippen LogP contribution in [0, 0.1) is 6.92 Å². The number of carbonyl (C=O) groups excluding carboxylic acids is 1. The lowest BCUT2D eigenvalue weighted by Gasteiger charge is -2.08. The number of esters is 1. The molecule has 0 radical (unpaired) electrons. The van der Waals surface area contributed by atoms with Gasteiger partial charge < -0.3 is 10.1 Å². The number of halogens is 2. The number of anilines is 1. The molecule has 3 nitrogen and oxygen atoms in total. The largest absolute Gasteiger partial charge is 0.448 e. The van der Waals surface area contributed by atoms with Crippen molar-refractivity contribution in [3.63, 3.8) is 0 Å². The SMILES string of the molecule is Cc1ccc(C2C=C(Nc3ccc(Cl)cc3Cl)C(=O)O2)cc1. The summed E-state index contributed by atoms with van der Waals surface area (Å²) in [6.45, 7) is 2.01. The van der Waals surface area contributed by atoms with Gasteiger partial charge in [0.25, 0.3) is 0 Å². The fourth-order valence-corrected chi connectivity index (χ4v) is 2.64. The van der Waals surface area contributed by atoms with E-state index in [2.05, 4.69) is 5.32 Å². The van der Waals surface area contributed by atoms with Gasteiger partial charge >= 0.3 is 5.97 Å². The van der Waals surface area contributed by atoms with Crippen molar-refractivity contribution >= 4 is 34.9 Å². The summed E-state index contributed by atoms with van der Waals surface area (Å²) in [5.41, 5.74) is 3.06. The molecule has 1 unspecified atom stereocenters. The lowest BCUT2D eigenvalue weighted by molar-refractivity contribution is -0.139. The van der Waals surface area contributed by atoms with E-state index in [0.29, 0.717) is 21.4 Å². The highest BCUT2D eigenvalue weighted by Gasteiger charge is 2.27. The molecule has 0 spiro atoms. The Balaban J connectivity index is 1.82. The molecule has 0 saturated heterocycles. The van der Waals surface area contributed by atoms with Crippen LogP contribution in [0.1, 0.15) is 17.2 Å². The summed E-state index contributed by atoms with van der Waals surface area (Å²) in [6.07, 6.45) is 1.36. The first-order valence-corrected chi connectivity index (χ1v) is 7.50. The first-order chi connectivity index (χ1) is 10.5. The highest BCUT2D eigenvalue weighted by molar-refractivity contribution is 6.36. The predicted molar refractivity (Wildman–Crippen MR) is 88.2 cm³/mol. The third kappa shape index (κ3) is 3.11. The van der Waals surface area contributed by atoms with Crippen LogP contribution in [0.15, 0.2) is 54.2 Å². The lowest BCUT2D eigenvalue weighted by Crippen LogP contribution is -2.09. The third-order valence-corrected chi connectivity index (χ3v) is 3.93. The van der Waals surface area contributed by atoms with Crippen molar-refractivity contribution in [2.24, 2.45) is 0 Å². The Bertz CT molecular complexity index is 754. The molecule has 0 aliphatic carbocycles. The first kappa shape index (κ1) is 14.9. The summed E-state index contributed by atoms with van der Waals surface area (Å²) in [5, 5.41) is 3.98. The smallest absolute Gasteiger partial charge is 0.355 e. The van der Waals surface area contributed by atoms with Crippen molar-refractivity contribution in [2.75, 3.05) is 5.32 Å². The van der Waals surface area contributed by atoms with E-state index in [9.17, 15) is 4.79 Å². The fraction of sp³-hybridized carbons (Fsp3) is 0.118. The van der Waals surface area contributed by atoms with Crippen molar-refractivity contribution < 1.29 is 9.53 Å². The van der Waals surface area contributed by atoms with Gasteiger partial charge in [-0.3, -0.25) is 0 Å². The Morgan fingerprint density at radius 1 is 1.09 bits per heavy atom. The molecule has 1 heterocycles. The Hall–Kier alpha value is -1.97. The average molecular weight is 334 g/mol. The number of hydrogen-bond acceptors (Lipinski definition) is 3. The monoisotopic (exact) mass is 333 g/mol. The van der Waals surface area contributed by atoms with Crippen LogP contribution in [0.3, 0.4) is 0 Å². The second kappa shape index (κ2) is 6.03. The second-order valence-electron chi connectivity index (χ2n) is 5.07. The van der Waals surface area contributed by atoms with Crippen LogP contribution >= 0.6 is 23.2 Å². The lowest BCUT2D eigenvalue weighted by atomic mass is 10.1. The number of carbonyl (C=O) groups is 1. The minimum absolute atomic E-state index is 0.370. The van der Waals surface area contributed by atoms with Crippen LogP contribution in [0.5, 0.6) is 0 Å². The van der Waals surface area contributed by atoms with Crippen molar-refractivity contribution in [1.29, 1.82) is 0 Å². The molecule has 2 aromatic rings. The van der Waals surface area contributed by atoms with Gasteiger partial charge in [0.05, 0.1) is 10.7 Å². The molecule has 3 rings (SSSR count). The topological polar surface area (TPSA) is 38.3 Å². The number of cyclic esters (lactones) is 1. The van der Waals surface area contributed by atoms with E-state index in [1.807, 2.05) is 31.2 Å². The molecule has 1 aliphatic rings. The van der Waals surface area contributed by atoms with E-state index >= 15 is 0 Å². The van der Waals surface area contributed by atoms with E-state index in [-0.39, 0.29) is 6.10 Å². The molecule has 2 aromatic carbocycles. The number of hydrogen-bond donors (Lipinski definition) is 1. The zero-order valence-electron chi connectivity index (χ0n) is 11.8. The third-order valence-electron chi connectivity index (χ3n) is 3.38. The Labute approximate surface area is 138 Å². The van der Waals surface area contributed by atoms with Gasteiger partial charge in [-0.2, -0.15) is 0 Å². The van der Waals surface area contributed by atoms with Crippen molar-refractivity contribution in [1.82, 2.24) is 0 Å². The number of benzene rings is 2. The Morgan fingerprint density at radius 2 is 1.82 bits per heavy atom. The zero-order chi connectivity index (χ0) is 15.7. The molecule has 22 heavy (non-hydrogen) atoms. The van der Waals surface area contributed by atoms with Gasteiger partial charge in [-0.05, 0) is 36.8 Å². The quantitative estimate of drug-likeness (QED) is 0.812. The maximum atomic E-state index is 12.0. The molecule has 0 saturated carbocycles. The summed E-state index contributed by atoms with van der Waals surface area (Å²) in [7, 11) is 0. The molecular weight excluding hydrogens is 321 g/mol. The van der Waals surface area contributed by atoms with Gasteiger partial charge in [0, 0.05) is 5.02 Å². The number of ether oxygens (including phenoxy) is 1. The first-order valence-electron chi connectivity index (χ1n) is 6.74. The van der Waals surface area contributed by atoms with Crippen LogP contribution in [0.2, 0.25) is 10.0 Å². The van der Waals surface area contributed by atoms with E-state index in [1.165, 1.54) is 0 Å². The van der Waals surface area contributed by atoms with Gasteiger partial charge in [-0.1, -0.05) is 53.0 Å². The summed E-state index contributed by atoms with van der Waals surface area (Å²) < 4.78 is 5.37.